The zero-order valence-corrected chi connectivity index (χ0v) is 28.7. The van der Waals surface area contributed by atoms with Gasteiger partial charge in [-0.15, -0.1) is 0 Å². The predicted octanol–water partition coefficient (Wildman–Crippen LogP) is 8.64. The average Bonchev–Trinajstić information content (AvgIpc) is 3.22. The van der Waals surface area contributed by atoms with Crippen molar-refractivity contribution in [3.05, 3.63) is 110 Å². The lowest BCUT2D eigenvalue weighted by Crippen LogP contribution is -2.37. The summed E-state index contributed by atoms with van der Waals surface area (Å²) in [6.45, 7) is 2.40. The van der Waals surface area contributed by atoms with E-state index in [2.05, 4.69) is 21.2 Å². The normalized spacial score (nSPS) is 14.5. The van der Waals surface area contributed by atoms with Gasteiger partial charge in [0.1, 0.15) is 52.6 Å². The van der Waals surface area contributed by atoms with Crippen LogP contribution < -0.4 is 14.8 Å². The van der Waals surface area contributed by atoms with Gasteiger partial charge in [0.15, 0.2) is 15.6 Å². The minimum absolute atomic E-state index is 0.156. The molecular weight excluding hydrogens is 763 g/mol. The van der Waals surface area contributed by atoms with Crippen LogP contribution in [0.5, 0.6) is 23.0 Å². The molecule has 0 radical (unpaired) electrons. The first kappa shape index (κ1) is 37.3. The first-order chi connectivity index (χ1) is 22.8. The second-order valence-corrected chi connectivity index (χ2v) is 13.9. The number of hydrogen-bond acceptors (Lipinski definition) is 7. The van der Waals surface area contributed by atoms with Gasteiger partial charge in [-0.1, -0.05) is 11.6 Å². The van der Waals surface area contributed by atoms with Crippen molar-refractivity contribution in [1.29, 1.82) is 5.26 Å². The number of carbonyl (C=O) groups excluding carboxylic acids is 2. The summed E-state index contributed by atoms with van der Waals surface area (Å²) in [5.41, 5.74) is 0.00455. The maximum absolute atomic E-state index is 14.6. The molecule has 0 heterocycles. The molecule has 1 atom stereocenters. The van der Waals surface area contributed by atoms with Crippen molar-refractivity contribution in [3.8, 4) is 29.1 Å². The third-order valence-corrected chi connectivity index (χ3v) is 9.03. The Labute approximate surface area is 290 Å². The number of nitrogens with zero attached hydrogens (tertiary/aromatic N) is 1. The van der Waals surface area contributed by atoms with E-state index in [9.17, 15) is 40.0 Å². The van der Waals surface area contributed by atoms with Gasteiger partial charge >= 0.3 is 0 Å². The number of ketones is 1. The molecule has 4 aromatic rings. The van der Waals surface area contributed by atoms with Crippen molar-refractivity contribution in [2.45, 2.75) is 37.1 Å². The Kier molecular flexibility index (Phi) is 11.1. The number of nitrogens with one attached hydrogen (secondary N) is 1. The van der Waals surface area contributed by atoms with E-state index in [1.165, 1.54) is 31.2 Å². The van der Waals surface area contributed by atoms with Crippen LogP contribution in [0.25, 0.3) is 0 Å². The van der Waals surface area contributed by atoms with Crippen molar-refractivity contribution in [3.63, 3.8) is 0 Å². The predicted molar refractivity (Wildman–Crippen MR) is 172 cm³/mol. The Balaban J connectivity index is 0.000000230. The molecule has 16 heteroatoms. The van der Waals surface area contributed by atoms with Crippen molar-refractivity contribution in [1.82, 2.24) is 5.32 Å². The number of carbonyl (C=O) groups is 2. The molecule has 1 amide bonds. The Morgan fingerprint density at radius 2 is 1.49 bits per heavy atom. The number of alkyl halides is 2. The summed E-state index contributed by atoms with van der Waals surface area (Å²) in [4.78, 5) is 22.5. The molecule has 256 valence electrons. The standard InChI is InChI=1S/C18H15F4NO4S.C15H8BrClFNO2/c1-9(24)23-17-16-13(8-18(17,21)22)14(3-4-15(16)28(2,25)26)27-12-6-10(19)5-11(20)7-12;1-8(20)12-2-3-14(15(16)13(12)7-19)21-11-5-9(17)4-10(18)6-11/h3-7,17H,8H2,1-2H3,(H,23,24);2-6H,1H3. The summed E-state index contributed by atoms with van der Waals surface area (Å²) in [6.07, 6.45) is -0.0594. The van der Waals surface area contributed by atoms with Gasteiger partial charge in [-0.3, -0.25) is 9.59 Å². The Bertz CT molecular complexity index is 2100. The molecule has 5 rings (SSSR count). The smallest absolute Gasteiger partial charge is 0.276 e. The molecule has 4 aromatic carbocycles. The summed E-state index contributed by atoms with van der Waals surface area (Å²) in [6, 6.07) is 11.4. The third kappa shape index (κ3) is 8.75. The second-order valence-electron chi connectivity index (χ2n) is 10.7. The highest BCUT2D eigenvalue weighted by Gasteiger charge is 2.51. The average molecular weight is 786 g/mol. The highest BCUT2D eigenvalue weighted by Crippen LogP contribution is 2.50. The highest BCUT2D eigenvalue weighted by molar-refractivity contribution is 9.10. The summed E-state index contributed by atoms with van der Waals surface area (Å²) in [5.74, 6) is -6.85. The van der Waals surface area contributed by atoms with Crippen molar-refractivity contribution in [2.75, 3.05) is 6.26 Å². The maximum Gasteiger partial charge on any atom is 0.276 e. The van der Waals surface area contributed by atoms with E-state index in [0.29, 0.717) is 16.3 Å². The zero-order valence-electron chi connectivity index (χ0n) is 25.5. The number of halogens is 7. The fourth-order valence-corrected chi connectivity index (χ4v) is 6.62. The van der Waals surface area contributed by atoms with Crippen LogP contribution in [0, 0.1) is 28.8 Å². The molecule has 0 saturated carbocycles. The monoisotopic (exact) mass is 784 g/mol. The number of ether oxygens (including phenoxy) is 2. The quantitative estimate of drug-likeness (QED) is 0.147. The fraction of sp³-hybridized carbons (Fsp3) is 0.182. The molecule has 1 aliphatic rings. The van der Waals surface area contributed by atoms with Gasteiger partial charge in [0.25, 0.3) is 5.92 Å². The summed E-state index contributed by atoms with van der Waals surface area (Å²) >= 11 is 8.98. The number of hydrogen-bond donors (Lipinski definition) is 1. The fourth-order valence-electron chi connectivity index (χ4n) is 4.94. The first-order valence-electron chi connectivity index (χ1n) is 13.8. The molecule has 0 saturated heterocycles. The highest BCUT2D eigenvalue weighted by atomic mass is 79.9. The van der Waals surface area contributed by atoms with Crippen LogP contribution >= 0.6 is 27.5 Å². The minimum atomic E-state index is -3.91. The molecule has 0 bridgehead atoms. The van der Waals surface area contributed by atoms with Crippen molar-refractivity contribution >= 4 is 49.1 Å². The van der Waals surface area contributed by atoms with Gasteiger partial charge in [0.05, 0.1) is 14.9 Å². The molecule has 49 heavy (non-hydrogen) atoms. The molecule has 1 unspecified atom stereocenters. The lowest BCUT2D eigenvalue weighted by atomic mass is 10.1. The Morgan fingerprint density at radius 1 is 0.939 bits per heavy atom. The topological polar surface area (TPSA) is 123 Å². The molecule has 0 spiro atoms. The van der Waals surface area contributed by atoms with E-state index in [4.69, 9.17) is 26.3 Å². The van der Waals surface area contributed by atoms with Crippen LogP contribution in [0.4, 0.5) is 22.0 Å². The number of sulfone groups is 1. The maximum atomic E-state index is 14.6. The Morgan fingerprint density at radius 3 is 2.02 bits per heavy atom. The number of nitriles is 1. The number of rotatable bonds is 7. The molecule has 0 fully saturated rings. The first-order valence-corrected chi connectivity index (χ1v) is 16.9. The van der Waals surface area contributed by atoms with E-state index in [-0.39, 0.29) is 55.2 Å². The summed E-state index contributed by atoms with van der Waals surface area (Å²) < 4.78 is 105. The van der Waals surface area contributed by atoms with E-state index < -0.39 is 51.6 Å². The number of fused-ring (bicyclic) bond motifs is 1. The van der Waals surface area contributed by atoms with Gasteiger partial charge in [-0.2, -0.15) is 5.26 Å². The van der Waals surface area contributed by atoms with Crippen LogP contribution in [-0.2, 0) is 21.1 Å². The van der Waals surface area contributed by atoms with Crippen LogP contribution in [-0.4, -0.2) is 32.3 Å². The van der Waals surface area contributed by atoms with E-state index in [0.717, 1.165) is 43.5 Å². The number of Topliss-reactive ketones (excluding diaryl/α,β-unsaturated/α-hetero) is 1. The van der Waals surface area contributed by atoms with E-state index in [1.807, 2.05) is 6.07 Å². The lowest BCUT2D eigenvalue weighted by Gasteiger charge is -2.22. The molecule has 0 aliphatic heterocycles. The van der Waals surface area contributed by atoms with Crippen molar-refractivity contribution in [2.24, 2.45) is 0 Å². The van der Waals surface area contributed by atoms with Gasteiger partial charge in [-0.25, -0.2) is 30.4 Å². The lowest BCUT2D eigenvalue weighted by molar-refractivity contribution is -0.123. The SMILES string of the molecule is CC(=O)NC1c2c(S(C)(=O)=O)ccc(Oc3cc(F)cc(F)c3)c2CC1(F)F.CC(=O)c1ccc(Oc2cc(F)cc(Cl)c2)c(Br)c1C#N. The molecule has 0 aromatic heterocycles. The van der Waals surface area contributed by atoms with Gasteiger partial charge in [-0.05, 0) is 59.3 Å². The molecule has 1 aliphatic carbocycles. The van der Waals surface area contributed by atoms with Gasteiger partial charge < -0.3 is 14.8 Å². The van der Waals surface area contributed by atoms with Gasteiger partial charge in [0, 0.05) is 65.6 Å². The van der Waals surface area contributed by atoms with Crippen LogP contribution in [0.2, 0.25) is 5.02 Å². The third-order valence-electron chi connectivity index (χ3n) is 6.87. The molecule has 8 nitrogen and oxygen atoms in total. The minimum Gasteiger partial charge on any atom is -0.457 e. The van der Waals surface area contributed by atoms with Crippen LogP contribution in [0.15, 0.2) is 70.0 Å². The largest absolute Gasteiger partial charge is 0.457 e. The molecule has 1 N–H and O–H groups in total. The van der Waals surface area contributed by atoms with E-state index >= 15 is 0 Å². The van der Waals surface area contributed by atoms with Crippen LogP contribution in [0.3, 0.4) is 0 Å². The van der Waals surface area contributed by atoms with E-state index in [1.54, 1.807) is 0 Å². The summed E-state index contributed by atoms with van der Waals surface area (Å²) in [7, 11) is -3.91. The second kappa shape index (κ2) is 14.5. The van der Waals surface area contributed by atoms with Gasteiger partial charge in [0.2, 0.25) is 5.91 Å². The summed E-state index contributed by atoms with van der Waals surface area (Å²) in [5, 5.41) is 11.4. The number of amides is 1. The van der Waals surface area contributed by atoms with Crippen molar-refractivity contribution < 1.29 is 49.4 Å². The number of benzene rings is 4. The molecular formula is C33H23BrClF5N2O6S. The Hall–Kier alpha value is -4.52. The van der Waals surface area contributed by atoms with Crippen LogP contribution in [0.1, 0.15) is 46.9 Å². The zero-order chi connectivity index (χ0) is 36.4.